The topological polar surface area (TPSA) is 41.6 Å². The SMILES string of the molecule is O=C(NC1CCOCC1)N1CCCC1. The summed E-state index contributed by atoms with van der Waals surface area (Å²) in [7, 11) is 0. The number of urea groups is 1. The first kappa shape index (κ1) is 9.77. The molecule has 0 bridgehead atoms. The molecule has 1 N–H and O–H groups in total. The van der Waals surface area contributed by atoms with Gasteiger partial charge in [0.2, 0.25) is 0 Å². The van der Waals surface area contributed by atoms with Crippen molar-refractivity contribution in [3.63, 3.8) is 0 Å². The number of carbonyl (C=O) groups is 1. The zero-order chi connectivity index (χ0) is 9.80. The Hall–Kier alpha value is -0.770. The molecule has 0 spiro atoms. The van der Waals surface area contributed by atoms with Crippen molar-refractivity contribution in [2.75, 3.05) is 26.3 Å². The predicted molar refractivity (Wildman–Crippen MR) is 53.2 cm³/mol. The third-order valence-electron chi connectivity index (χ3n) is 2.94. The number of hydrogen-bond donors (Lipinski definition) is 1. The minimum atomic E-state index is 0.120. The molecular weight excluding hydrogens is 180 g/mol. The zero-order valence-electron chi connectivity index (χ0n) is 8.50. The second-order valence-electron chi connectivity index (χ2n) is 4.03. The van der Waals surface area contributed by atoms with Crippen LogP contribution in [0.3, 0.4) is 0 Å². The minimum Gasteiger partial charge on any atom is -0.381 e. The van der Waals surface area contributed by atoms with Crippen LogP contribution in [0.2, 0.25) is 0 Å². The van der Waals surface area contributed by atoms with Gasteiger partial charge >= 0.3 is 6.03 Å². The third-order valence-corrected chi connectivity index (χ3v) is 2.94. The Balaban J connectivity index is 1.75. The second kappa shape index (κ2) is 4.64. The van der Waals surface area contributed by atoms with Crippen LogP contribution >= 0.6 is 0 Å². The molecule has 2 aliphatic rings. The van der Waals surface area contributed by atoms with Crippen molar-refractivity contribution in [1.29, 1.82) is 0 Å². The molecule has 4 heteroatoms. The number of hydrogen-bond acceptors (Lipinski definition) is 2. The summed E-state index contributed by atoms with van der Waals surface area (Å²) in [6.45, 7) is 3.42. The van der Waals surface area contributed by atoms with E-state index in [4.69, 9.17) is 4.74 Å². The third kappa shape index (κ3) is 2.38. The Morgan fingerprint density at radius 2 is 1.86 bits per heavy atom. The monoisotopic (exact) mass is 198 g/mol. The predicted octanol–water partition coefficient (Wildman–Crippen LogP) is 0.971. The standard InChI is InChI=1S/C10H18N2O2/c13-10(12-5-1-2-6-12)11-9-3-7-14-8-4-9/h9H,1-8H2,(H,11,13). The van der Waals surface area contributed by atoms with Crippen LogP contribution in [0.4, 0.5) is 4.79 Å². The normalized spacial score (nSPS) is 23.9. The number of rotatable bonds is 1. The van der Waals surface area contributed by atoms with Gasteiger partial charge in [-0.3, -0.25) is 0 Å². The summed E-state index contributed by atoms with van der Waals surface area (Å²) < 4.78 is 5.24. The van der Waals surface area contributed by atoms with E-state index in [2.05, 4.69) is 5.32 Å². The molecule has 0 aromatic carbocycles. The lowest BCUT2D eigenvalue weighted by Gasteiger charge is -2.25. The van der Waals surface area contributed by atoms with Crippen molar-refractivity contribution >= 4 is 6.03 Å². The smallest absolute Gasteiger partial charge is 0.317 e. The average Bonchev–Trinajstić information content (AvgIpc) is 2.72. The summed E-state index contributed by atoms with van der Waals surface area (Å²) >= 11 is 0. The quantitative estimate of drug-likeness (QED) is 0.682. The van der Waals surface area contributed by atoms with E-state index in [1.807, 2.05) is 4.90 Å². The molecule has 0 saturated carbocycles. The molecule has 2 saturated heterocycles. The molecule has 0 aliphatic carbocycles. The van der Waals surface area contributed by atoms with Crippen molar-refractivity contribution in [3.8, 4) is 0 Å². The van der Waals surface area contributed by atoms with Gasteiger partial charge in [-0.25, -0.2) is 4.79 Å². The van der Waals surface area contributed by atoms with Gasteiger partial charge in [0.05, 0.1) is 0 Å². The lowest BCUT2D eigenvalue weighted by atomic mass is 10.1. The Morgan fingerprint density at radius 3 is 2.50 bits per heavy atom. The van der Waals surface area contributed by atoms with Gasteiger partial charge in [-0.15, -0.1) is 0 Å². The van der Waals surface area contributed by atoms with Crippen molar-refractivity contribution in [1.82, 2.24) is 10.2 Å². The van der Waals surface area contributed by atoms with Gasteiger partial charge in [0.15, 0.2) is 0 Å². The van der Waals surface area contributed by atoms with Crippen molar-refractivity contribution < 1.29 is 9.53 Å². The molecule has 0 aromatic heterocycles. The largest absolute Gasteiger partial charge is 0.381 e. The van der Waals surface area contributed by atoms with Crippen molar-refractivity contribution in [2.45, 2.75) is 31.7 Å². The van der Waals surface area contributed by atoms with Crippen molar-refractivity contribution in [2.24, 2.45) is 0 Å². The summed E-state index contributed by atoms with van der Waals surface area (Å²) in [6.07, 6.45) is 4.22. The lowest BCUT2D eigenvalue weighted by Crippen LogP contribution is -2.45. The first-order valence-corrected chi connectivity index (χ1v) is 5.49. The molecule has 2 heterocycles. The zero-order valence-corrected chi connectivity index (χ0v) is 8.50. The Morgan fingerprint density at radius 1 is 1.21 bits per heavy atom. The van der Waals surface area contributed by atoms with E-state index in [1.54, 1.807) is 0 Å². The van der Waals surface area contributed by atoms with Gasteiger partial charge in [-0.05, 0) is 25.7 Å². The highest BCUT2D eigenvalue weighted by molar-refractivity contribution is 5.74. The van der Waals surface area contributed by atoms with Crippen LogP contribution in [-0.4, -0.2) is 43.3 Å². The van der Waals surface area contributed by atoms with Gasteiger partial charge in [0, 0.05) is 32.3 Å². The van der Waals surface area contributed by atoms with Crippen LogP contribution in [0.15, 0.2) is 0 Å². The molecule has 2 rings (SSSR count). The summed E-state index contributed by atoms with van der Waals surface area (Å²) in [5, 5.41) is 3.07. The van der Waals surface area contributed by atoms with E-state index in [0.29, 0.717) is 6.04 Å². The molecule has 0 aromatic rings. The molecule has 0 unspecified atom stereocenters. The van der Waals surface area contributed by atoms with Gasteiger partial charge in [0.25, 0.3) is 0 Å². The van der Waals surface area contributed by atoms with E-state index in [0.717, 1.165) is 52.0 Å². The Kier molecular flexibility index (Phi) is 3.24. The van der Waals surface area contributed by atoms with E-state index in [1.165, 1.54) is 0 Å². The highest BCUT2D eigenvalue weighted by Crippen LogP contribution is 2.10. The van der Waals surface area contributed by atoms with Gasteiger partial charge in [0.1, 0.15) is 0 Å². The molecule has 0 radical (unpaired) electrons. The number of likely N-dealkylation sites (tertiary alicyclic amines) is 1. The van der Waals surface area contributed by atoms with Crippen LogP contribution in [0, 0.1) is 0 Å². The Bertz CT molecular complexity index is 196. The maximum atomic E-state index is 11.7. The number of amides is 2. The summed E-state index contributed by atoms with van der Waals surface area (Å²) in [5.41, 5.74) is 0. The van der Waals surface area contributed by atoms with Crippen LogP contribution < -0.4 is 5.32 Å². The highest BCUT2D eigenvalue weighted by atomic mass is 16.5. The maximum absolute atomic E-state index is 11.7. The molecule has 2 aliphatic heterocycles. The number of ether oxygens (including phenoxy) is 1. The number of nitrogens with zero attached hydrogens (tertiary/aromatic N) is 1. The minimum absolute atomic E-state index is 0.120. The molecule has 2 fully saturated rings. The van der Waals surface area contributed by atoms with Crippen LogP contribution in [0.1, 0.15) is 25.7 Å². The summed E-state index contributed by atoms with van der Waals surface area (Å²) in [6, 6.07) is 0.450. The maximum Gasteiger partial charge on any atom is 0.317 e. The molecule has 2 amide bonds. The Labute approximate surface area is 84.6 Å². The summed E-state index contributed by atoms with van der Waals surface area (Å²) in [5.74, 6) is 0. The molecule has 0 atom stereocenters. The molecule has 80 valence electrons. The van der Waals surface area contributed by atoms with E-state index < -0.39 is 0 Å². The van der Waals surface area contributed by atoms with E-state index in [9.17, 15) is 4.79 Å². The van der Waals surface area contributed by atoms with Crippen LogP contribution in [-0.2, 0) is 4.74 Å². The van der Waals surface area contributed by atoms with E-state index >= 15 is 0 Å². The van der Waals surface area contributed by atoms with E-state index in [-0.39, 0.29) is 6.03 Å². The second-order valence-corrected chi connectivity index (χ2v) is 4.03. The first-order valence-electron chi connectivity index (χ1n) is 5.49. The fraction of sp³-hybridized carbons (Fsp3) is 0.900. The fourth-order valence-electron chi connectivity index (χ4n) is 2.03. The van der Waals surface area contributed by atoms with Crippen LogP contribution in [0.25, 0.3) is 0 Å². The van der Waals surface area contributed by atoms with Crippen LogP contribution in [0.5, 0.6) is 0 Å². The fourth-order valence-corrected chi connectivity index (χ4v) is 2.03. The summed E-state index contributed by atoms with van der Waals surface area (Å²) in [4.78, 5) is 13.6. The number of nitrogens with one attached hydrogen (secondary N) is 1. The van der Waals surface area contributed by atoms with Gasteiger partial charge in [-0.1, -0.05) is 0 Å². The first-order chi connectivity index (χ1) is 6.86. The molecule has 14 heavy (non-hydrogen) atoms. The average molecular weight is 198 g/mol. The molecule has 4 nitrogen and oxygen atoms in total. The van der Waals surface area contributed by atoms with Gasteiger partial charge in [-0.2, -0.15) is 0 Å². The highest BCUT2D eigenvalue weighted by Gasteiger charge is 2.21. The number of carbonyl (C=O) groups excluding carboxylic acids is 1. The van der Waals surface area contributed by atoms with Crippen molar-refractivity contribution in [3.05, 3.63) is 0 Å². The lowest BCUT2D eigenvalue weighted by molar-refractivity contribution is 0.0785. The van der Waals surface area contributed by atoms with Gasteiger partial charge < -0.3 is 15.0 Å². The molecular formula is C10H18N2O2.